The molecule has 0 saturated heterocycles. The number of ether oxygens (including phenoxy) is 1. The van der Waals surface area contributed by atoms with E-state index in [2.05, 4.69) is 15.9 Å². The van der Waals surface area contributed by atoms with E-state index in [4.69, 9.17) is 4.74 Å². The lowest BCUT2D eigenvalue weighted by Crippen LogP contribution is -2.37. The molecular weight excluding hydrogens is 240 g/mol. The van der Waals surface area contributed by atoms with Crippen LogP contribution in [0.5, 0.6) is 5.75 Å². The molecule has 1 aromatic rings. The highest BCUT2D eigenvalue weighted by atomic mass is 79.9. The van der Waals surface area contributed by atoms with Crippen LogP contribution in [-0.4, -0.2) is 11.9 Å². The van der Waals surface area contributed by atoms with Crippen molar-refractivity contribution in [2.24, 2.45) is 5.41 Å². The monoisotopic (exact) mass is 254 g/mol. The maximum Gasteiger partial charge on any atom is 0.119 e. The van der Waals surface area contributed by atoms with Crippen LogP contribution in [0.4, 0.5) is 0 Å². The van der Waals surface area contributed by atoms with Crippen molar-refractivity contribution in [3.05, 3.63) is 30.3 Å². The Bertz CT molecular complexity index is 274. The third-order valence-corrected chi connectivity index (χ3v) is 4.18. The van der Waals surface area contributed by atoms with Gasteiger partial charge in [-0.1, -0.05) is 40.5 Å². The van der Waals surface area contributed by atoms with E-state index >= 15 is 0 Å². The summed E-state index contributed by atoms with van der Waals surface area (Å²) in [6.07, 6.45) is 3.94. The predicted molar refractivity (Wildman–Crippen MR) is 62.0 cm³/mol. The predicted octanol–water partition coefficient (Wildman–Crippen LogP) is 3.63. The Hall–Kier alpha value is -0.500. The SMILES string of the molecule is BrCC1(COc2ccccc2)CCC1. The summed E-state index contributed by atoms with van der Waals surface area (Å²) in [5.74, 6) is 0.986. The Labute approximate surface area is 93.6 Å². The minimum Gasteiger partial charge on any atom is -0.493 e. The third kappa shape index (κ3) is 2.11. The molecule has 0 aliphatic heterocycles. The molecule has 0 aromatic heterocycles. The van der Waals surface area contributed by atoms with E-state index in [0.29, 0.717) is 5.41 Å². The van der Waals surface area contributed by atoms with Crippen LogP contribution in [0.15, 0.2) is 30.3 Å². The maximum absolute atomic E-state index is 5.77. The minimum atomic E-state index is 0.413. The van der Waals surface area contributed by atoms with Gasteiger partial charge in [-0.3, -0.25) is 0 Å². The van der Waals surface area contributed by atoms with E-state index in [1.54, 1.807) is 0 Å². The number of para-hydroxylation sites is 1. The topological polar surface area (TPSA) is 9.23 Å². The first-order valence-electron chi connectivity index (χ1n) is 5.08. The van der Waals surface area contributed by atoms with Crippen LogP contribution >= 0.6 is 15.9 Å². The van der Waals surface area contributed by atoms with Crippen molar-refractivity contribution < 1.29 is 4.74 Å². The van der Waals surface area contributed by atoms with Crippen LogP contribution in [0.2, 0.25) is 0 Å². The lowest BCUT2D eigenvalue weighted by atomic mass is 9.71. The molecule has 14 heavy (non-hydrogen) atoms. The highest BCUT2D eigenvalue weighted by molar-refractivity contribution is 9.09. The molecule has 0 heterocycles. The van der Waals surface area contributed by atoms with Gasteiger partial charge in [0.2, 0.25) is 0 Å². The number of alkyl halides is 1. The standard InChI is InChI=1S/C12H15BrO/c13-9-12(7-4-8-12)10-14-11-5-2-1-3-6-11/h1-3,5-6H,4,7-10H2. The van der Waals surface area contributed by atoms with Gasteiger partial charge < -0.3 is 4.74 Å². The Morgan fingerprint density at radius 1 is 1.21 bits per heavy atom. The van der Waals surface area contributed by atoms with Crippen molar-refractivity contribution in [1.29, 1.82) is 0 Å². The molecule has 0 N–H and O–H groups in total. The van der Waals surface area contributed by atoms with Gasteiger partial charge >= 0.3 is 0 Å². The lowest BCUT2D eigenvalue weighted by Gasteiger charge is -2.39. The van der Waals surface area contributed by atoms with Crippen molar-refractivity contribution in [2.75, 3.05) is 11.9 Å². The second-order valence-electron chi connectivity index (χ2n) is 4.09. The van der Waals surface area contributed by atoms with E-state index in [-0.39, 0.29) is 0 Å². The summed E-state index contributed by atoms with van der Waals surface area (Å²) in [6, 6.07) is 10.1. The maximum atomic E-state index is 5.77. The molecule has 1 aromatic carbocycles. The molecule has 2 rings (SSSR count). The first-order chi connectivity index (χ1) is 6.85. The van der Waals surface area contributed by atoms with Crippen LogP contribution < -0.4 is 4.74 Å². The molecule has 0 bridgehead atoms. The number of halogens is 1. The second kappa shape index (κ2) is 4.35. The Kier molecular flexibility index (Phi) is 3.12. The van der Waals surface area contributed by atoms with Crippen molar-refractivity contribution >= 4 is 15.9 Å². The van der Waals surface area contributed by atoms with Gasteiger partial charge in [0.1, 0.15) is 5.75 Å². The molecule has 0 spiro atoms. The molecule has 0 amide bonds. The molecule has 1 saturated carbocycles. The second-order valence-corrected chi connectivity index (χ2v) is 4.65. The van der Waals surface area contributed by atoms with Gasteiger partial charge in [-0.05, 0) is 25.0 Å². The summed E-state index contributed by atoms with van der Waals surface area (Å²) in [5.41, 5.74) is 0.413. The molecule has 0 radical (unpaired) electrons. The van der Waals surface area contributed by atoms with E-state index in [1.807, 2.05) is 30.3 Å². The van der Waals surface area contributed by atoms with Crippen LogP contribution in [0.1, 0.15) is 19.3 Å². The number of benzene rings is 1. The lowest BCUT2D eigenvalue weighted by molar-refractivity contribution is 0.0838. The molecular formula is C12H15BrO. The van der Waals surface area contributed by atoms with Crippen LogP contribution in [0, 0.1) is 5.41 Å². The number of hydrogen-bond acceptors (Lipinski definition) is 1. The third-order valence-electron chi connectivity index (χ3n) is 2.99. The van der Waals surface area contributed by atoms with Gasteiger partial charge in [-0.2, -0.15) is 0 Å². The average molecular weight is 255 g/mol. The number of hydrogen-bond donors (Lipinski definition) is 0. The smallest absolute Gasteiger partial charge is 0.119 e. The molecule has 0 atom stereocenters. The first-order valence-corrected chi connectivity index (χ1v) is 6.21. The van der Waals surface area contributed by atoms with Gasteiger partial charge in [0, 0.05) is 10.7 Å². The van der Waals surface area contributed by atoms with Gasteiger partial charge in [-0.15, -0.1) is 0 Å². The van der Waals surface area contributed by atoms with Crippen molar-refractivity contribution in [2.45, 2.75) is 19.3 Å². The normalized spacial score (nSPS) is 18.6. The fourth-order valence-electron chi connectivity index (χ4n) is 1.75. The molecule has 1 fully saturated rings. The fraction of sp³-hybridized carbons (Fsp3) is 0.500. The van der Waals surface area contributed by atoms with E-state index < -0.39 is 0 Å². The van der Waals surface area contributed by atoms with Gasteiger partial charge in [0.25, 0.3) is 0 Å². The Morgan fingerprint density at radius 3 is 2.43 bits per heavy atom. The zero-order chi connectivity index (χ0) is 9.86. The van der Waals surface area contributed by atoms with E-state index in [9.17, 15) is 0 Å². The molecule has 1 aliphatic carbocycles. The molecule has 0 unspecified atom stereocenters. The van der Waals surface area contributed by atoms with Gasteiger partial charge in [0.05, 0.1) is 6.61 Å². The zero-order valence-corrected chi connectivity index (χ0v) is 9.79. The summed E-state index contributed by atoms with van der Waals surface area (Å²) in [7, 11) is 0. The molecule has 2 heteroatoms. The van der Waals surface area contributed by atoms with Gasteiger partial charge in [-0.25, -0.2) is 0 Å². The Balaban J connectivity index is 1.88. The van der Waals surface area contributed by atoms with Gasteiger partial charge in [0.15, 0.2) is 0 Å². The summed E-state index contributed by atoms with van der Waals surface area (Å²) in [4.78, 5) is 0. The minimum absolute atomic E-state index is 0.413. The van der Waals surface area contributed by atoms with Crippen LogP contribution in [-0.2, 0) is 0 Å². The quantitative estimate of drug-likeness (QED) is 0.746. The highest BCUT2D eigenvalue weighted by Gasteiger charge is 2.36. The van der Waals surface area contributed by atoms with Crippen molar-refractivity contribution in [1.82, 2.24) is 0 Å². The summed E-state index contributed by atoms with van der Waals surface area (Å²) in [6.45, 7) is 0.849. The largest absolute Gasteiger partial charge is 0.493 e. The Morgan fingerprint density at radius 2 is 1.93 bits per heavy atom. The molecule has 1 nitrogen and oxygen atoms in total. The van der Waals surface area contributed by atoms with E-state index in [0.717, 1.165) is 17.7 Å². The van der Waals surface area contributed by atoms with Crippen LogP contribution in [0.25, 0.3) is 0 Å². The molecule has 1 aliphatic rings. The summed E-state index contributed by atoms with van der Waals surface area (Å²) in [5, 5.41) is 1.06. The molecule has 76 valence electrons. The fourth-order valence-corrected chi connectivity index (χ4v) is 2.47. The van der Waals surface area contributed by atoms with Crippen molar-refractivity contribution in [3.63, 3.8) is 0 Å². The average Bonchev–Trinajstić information content (AvgIpc) is 2.19. The summed E-state index contributed by atoms with van der Waals surface area (Å²) < 4.78 is 5.77. The number of rotatable bonds is 4. The zero-order valence-electron chi connectivity index (χ0n) is 8.21. The van der Waals surface area contributed by atoms with Crippen molar-refractivity contribution in [3.8, 4) is 5.75 Å². The highest BCUT2D eigenvalue weighted by Crippen LogP contribution is 2.42. The van der Waals surface area contributed by atoms with E-state index in [1.165, 1.54) is 19.3 Å². The first kappa shape index (κ1) is 10.0. The summed E-state index contributed by atoms with van der Waals surface area (Å²) >= 11 is 3.58. The van der Waals surface area contributed by atoms with Crippen LogP contribution in [0.3, 0.4) is 0 Å².